The molecule has 0 spiro atoms. The van der Waals surface area contributed by atoms with E-state index in [1.807, 2.05) is 18.2 Å². The van der Waals surface area contributed by atoms with Crippen molar-refractivity contribution in [2.24, 2.45) is 0 Å². The quantitative estimate of drug-likeness (QED) is 0.700. The van der Waals surface area contributed by atoms with Crippen LogP contribution in [0.25, 0.3) is 11.0 Å². The number of methoxy groups -OCH3 is 1. The van der Waals surface area contributed by atoms with Crippen molar-refractivity contribution in [1.82, 2.24) is 19.8 Å². The van der Waals surface area contributed by atoms with E-state index >= 15 is 0 Å². The standard InChI is InChI=1S/C21H23F3N4O/c1-29-17-5-6-18-19(12-17)26-20(25-18)14-28-9-7-27(8-10-28)13-15-3-2-4-16(11-15)21(22,23)24/h2-6,11-12H,7-10,13-14H2,1H3,(H,25,26). The zero-order valence-corrected chi connectivity index (χ0v) is 16.2. The molecule has 5 nitrogen and oxygen atoms in total. The molecule has 154 valence electrons. The fourth-order valence-electron chi connectivity index (χ4n) is 3.66. The highest BCUT2D eigenvalue weighted by molar-refractivity contribution is 5.76. The summed E-state index contributed by atoms with van der Waals surface area (Å²) in [5.41, 5.74) is 1.96. The Bertz CT molecular complexity index is 977. The third-order valence-electron chi connectivity index (χ3n) is 5.24. The van der Waals surface area contributed by atoms with E-state index < -0.39 is 11.7 Å². The summed E-state index contributed by atoms with van der Waals surface area (Å²) >= 11 is 0. The molecule has 29 heavy (non-hydrogen) atoms. The Labute approximate surface area is 167 Å². The number of hydrogen-bond acceptors (Lipinski definition) is 4. The number of rotatable bonds is 5. The zero-order chi connectivity index (χ0) is 20.4. The molecule has 0 aliphatic carbocycles. The Hall–Kier alpha value is -2.58. The minimum Gasteiger partial charge on any atom is -0.497 e. The number of halogens is 3. The van der Waals surface area contributed by atoms with Crippen molar-refractivity contribution < 1.29 is 17.9 Å². The molecule has 8 heteroatoms. The molecule has 0 bridgehead atoms. The summed E-state index contributed by atoms with van der Waals surface area (Å²) in [6.45, 7) is 4.56. The molecule has 0 atom stereocenters. The highest BCUT2D eigenvalue weighted by Crippen LogP contribution is 2.29. The molecule has 0 unspecified atom stereocenters. The number of hydrogen-bond donors (Lipinski definition) is 1. The molecule has 1 N–H and O–H groups in total. The Kier molecular flexibility index (Phi) is 5.47. The molecule has 3 aromatic rings. The third kappa shape index (κ3) is 4.71. The highest BCUT2D eigenvalue weighted by Gasteiger charge is 2.30. The van der Waals surface area contributed by atoms with Crippen LogP contribution in [0.5, 0.6) is 5.75 Å². The molecule has 0 amide bonds. The first-order valence-electron chi connectivity index (χ1n) is 9.54. The molecule has 2 aromatic carbocycles. The van der Waals surface area contributed by atoms with E-state index in [9.17, 15) is 13.2 Å². The average Bonchev–Trinajstić information content (AvgIpc) is 3.10. The molecule has 1 aliphatic rings. The molecular weight excluding hydrogens is 381 g/mol. The lowest BCUT2D eigenvalue weighted by Crippen LogP contribution is -2.45. The van der Waals surface area contributed by atoms with Crippen molar-refractivity contribution in [1.29, 1.82) is 0 Å². The summed E-state index contributed by atoms with van der Waals surface area (Å²) in [6, 6.07) is 11.3. The molecule has 1 fully saturated rings. The third-order valence-corrected chi connectivity index (χ3v) is 5.24. The number of aromatic nitrogens is 2. The number of benzene rings is 2. The second kappa shape index (κ2) is 8.04. The molecule has 1 saturated heterocycles. The van der Waals surface area contributed by atoms with Crippen LogP contribution in [0.15, 0.2) is 42.5 Å². The number of fused-ring (bicyclic) bond motifs is 1. The van der Waals surface area contributed by atoms with Crippen molar-refractivity contribution in [3.63, 3.8) is 0 Å². The van der Waals surface area contributed by atoms with Crippen molar-refractivity contribution in [3.8, 4) is 5.75 Å². The van der Waals surface area contributed by atoms with Gasteiger partial charge < -0.3 is 9.72 Å². The SMILES string of the molecule is COc1ccc2nc(CN3CCN(Cc4cccc(C(F)(F)F)c4)CC3)[nH]c2c1. The van der Waals surface area contributed by atoms with E-state index in [0.29, 0.717) is 18.7 Å². The van der Waals surface area contributed by atoms with Gasteiger partial charge >= 0.3 is 6.18 Å². The van der Waals surface area contributed by atoms with Gasteiger partial charge in [-0.15, -0.1) is 0 Å². The number of piperazine rings is 1. The molecule has 2 heterocycles. The van der Waals surface area contributed by atoms with Crippen LogP contribution in [0, 0.1) is 0 Å². The smallest absolute Gasteiger partial charge is 0.416 e. The van der Waals surface area contributed by atoms with Crippen LogP contribution in [0.3, 0.4) is 0 Å². The van der Waals surface area contributed by atoms with Crippen molar-refractivity contribution in [2.75, 3.05) is 33.3 Å². The lowest BCUT2D eigenvalue weighted by molar-refractivity contribution is -0.137. The van der Waals surface area contributed by atoms with Crippen molar-refractivity contribution in [2.45, 2.75) is 19.3 Å². The maximum atomic E-state index is 12.9. The van der Waals surface area contributed by atoms with Crippen LogP contribution in [0.4, 0.5) is 13.2 Å². The number of ether oxygens (including phenoxy) is 1. The molecule has 0 radical (unpaired) electrons. The molecule has 1 aliphatic heterocycles. The fraction of sp³-hybridized carbons (Fsp3) is 0.381. The van der Waals surface area contributed by atoms with Crippen LogP contribution >= 0.6 is 0 Å². The van der Waals surface area contributed by atoms with Gasteiger partial charge in [-0.3, -0.25) is 9.80 Å². The van der Waals surface area contributed by atoms with Crippen LogP contribution in [-0.2, 0) is 19.3 Å². The summed E-state index contributed by atoms with van der Waals surface area (Å²) < 4.78 is 43.9. The lowest BCUT2D eigenvalue weighted by Gasteiger charge is -2.34. The lowest BCUT2D eigenvalue weighted by atomic mass is 10.1. The number of nitrogens with zero attached hydrogens (tertiary/aromatic N) is 3. The number of aromatic amines is 1. The largest absolute Gasteiger partial charge is 0.497 e. The summed E-state index contributed by atoms with van der Waals surface area (Å²) in [4.78, 5) is 12.5. The molecule has 4 rings (SSSR count). The highest BCUT2D eigenvalue weighted by atomic mass is 19.4. The van der Waals surface area contributed by atoms with Crippen LogP contribution in [-0.4, -0.2) is 53.1 Å². The van der Waals surface area contributed by atoms with E-state index in [1.165, 1.54) is 12.1 Å². The van der Waals surface area contributed by atoms with Gasteiger partial charge in [0.25, 0.3) is 0 Å². The van der Waals surface area contributed by atoms with Gasteiger partial charge in [-0.05, 0) is 23.8 Å². The van der Waals surface area contributed by atoms with Crippen LogP contribution in [0.1, 0.15) is 17.0 Å². The first kappa shape index (κ1) is 19.7. The van der Waals surface area contributed by atoms with Crippen molar-refractivity contribution in [3.05, 3.63) is 59.4 Å². The summed E-state index contributed by atoms with van der Waals surface area (Å²) in [5, 5.41) is 0. The zero-order valence-electron chi connectivity index (χ0n) is 16.2. The Morgan fingerprint density at radius 1 is 1.00 bits per heavy atom. The van der Waals surface area contributed by atoms with Crippen LogP contribution in [0.2, 0.25) is 0 Å². The van der Waals surface area contributed by atoms with Gasteiger partial charge in [-0.25, -0.2) is 4.98 Å². The molecular formula is C21H23F3N4O. The monoisotopic (exact) mass is 404 g/mol. The van der Waals surface area contributed by atoms with Gasteiger partial charge in [0.1, 0.15) is 11.6 Å². The minimum atomic E-state index is -4.30. The summed E-state index contributed by atoms with van der Waals surface area (Å²) in [7, 11) is 1.64. The van der Waals surface area contributed by atoms with Crippen LogP contribution < -0.4 is 4.74 Å². The van der Waals surface area contributed by atoms with Gasteiger partial charge in [-0.1, -0.05) is 18.2 Å². The van der Waals surface area contributed by atoms with Gasteiger partial charge in [0.15, 0.2) is 0 Å². The predicted octanol–water partition coefficient (Wildman–Crippen LogP) is 3.91. The van der Waals surface area contributed by atoms with Gasteiger partial charge in [0.2, 0.25) is 0 Å². The first-order valence-corrected chi connectivity index (χ1v) is 9.54. The number of alkyl halides is 3. The van der Waals surface area contributed by atoms with Crippen molar-refractivity contribution >= 4 is 11.0 Å². The second-order valence-electron chi connectivity index (χ2n) is 7.32. The topological polar surface area (TPSA) is 44.4 Å². The van der Waals surface area contributed by atoms with E-state index in [4.69, 9.17) is 4.74 Å². The maximum absolute atomic E-state index is 12.9. The van der Waals surface area contributed by atoms with Gasteiger partial charge in [-0.2, -0.15) is 13.2 Å². The van der Waals surface area contributed by atoms with E-state index in [2.05, 4.69) is 19.8 Å². The maximum Gasteiger partial charge on any atom is 0.416 e. The summed E-state index contributed by atoms with van der Waals surface area (Å²) in [5.74, 6) is 1.69. The Balaban J connectivity index is 1.33. The average molecular weight is 404 g/mol. The Morgan fingerprint density at radius 2 is 1.72 bits per heavy atom. The minimum absolute atomic E-state index is 0.530. The predicted molar refractivity (Wildman–Crippen MR) is 105 cm³/mol. The second-order valence-corrected chi connectivity index (χ2v) is 7.32. The van der Waals surface area contributed by atoms with E-state index in [0.717, 1.165) is 54.9 Å². The number of imidazole rings is 1. The van der Waals surface area contributed by atoms with Gasteiger partial charge in [0, 0.05) is 38.8 Å². The van der Waals surface area contributed by atoms with E-state index in [1.54, 1.807) is 13.2 Å². The van der Waals surface area contributed by atoms with Gasteiger partial charge in [0.05, 0.1) is 30.3 Å². The molecule has 1 aromatic heterocycles. The summed E-state index contributed by atoms with van der Waals surface area (Å²) in [6.07, 6.45) is -4.30. The molecule has 0 saturated carbocycles. The first-order chi connectivity index (χ1) is 13.9. The van der Waals surface area contributed by atoms with E-state index in [-0.39, 0.29) is 0 Å². The Morgan fingerprint density at radius 3 is 2.41 bits per heavy atom. The fourth-order valence-corrected chi connectivity index (χ4v) is 3.66. The normalized spacial score (nSPS) is 16.4. The number of H-pyrrole nitrogens is 1. The number of nitrogens with one attached hydrogen (secondary N) is 1.